The van der Waals surface area contributed by atoms with Crippen molar-refractivity contribution in [2.75, 3.05) is 5.75 Å². The molecule has 2 aromatic rings. The molecule has 0 unspecified atom stereocenters. The Hall–Kier alpha value is -3.06. The van der Waals surface area contributed by atoms with Gasteiger partial charge in [-0.25, -0.2) is 4.79 Å². The van der Waals surface area contributed by atoms with E-state index < -0.39 is 18.1 Å². The Kier molecular flexibility index (Phi) is 5.90. The van der Waals surface area contributed by atoms with Crippen molar-refractivity contribution >= 4 is 29.5 Å². The van der Waals surface area contributed by atoms with E-state index in [2.05, 4.69) is 11.9 Å². The summed E-state index contributed by atoms with van der Waals surface area (Å²) in [5.41, 5.74) is 2.39. The minimum absolute atomic E-state index is 0.139. The lowest BCUT2D eigenvalue weighted by Crippen LogP contribution is -2.74. The van der Waals surface area contributed by atoms with Gasteiger partial charge in [-0.1, -0.05) is 67.2 Å². The Bertz CT molecular complexity index is 964. The molecule has 6 nitrogen and oxygen atoms in total. The van der Waals surface area contributed by atoms with Crippen LogP contribution in [-0.4, -0.2) is 45.9 Å². The Balaban J connectivity index is 1.37. The van der Waals surface area contributed by atoms with Crippen molar-refractivity contribution in [3.8, 4) is 0 Å². The number of benzene rings is 2. The normalized spacial score (nSPS) is 22.7. The fourth-order valence-electron chi connectivity index (χ4n) is 3.63. The number of nitrogens with zero attached hydrogens (tertiary/aromatic N) is 1. The Morgan fingerprint density at radius 2 is 1.70 bits per heavy atom. The third-order valence-corrected chi connectivity index (χ3v) is 6.53. The van der Waals surface area contributed by atoms with Crippen molar-refractivity contribution in [3.05, 3.63) is 83.9 Å². The van der Waals surface area contributed by atoms with Crippen LogP contribution < -0.4 is 5.32 Å². The van der Waals surface area contributed by atoms with E-state index in [0.717, 1.165) is 11.1 Å². The maximum absolute atomic E-state index is 12.8. The molecule has 0 spiro atoms. The number of β-lactam (4-membered cyclic amide) rings is 1. The van der Waals surface area contributed by atoms with Crippen LogP contribution >= 0.6 is 11.8 Å². The van der Waals surface area contributed by atoms with Gasteiger partial charge >= 0.3 is 5.97 Å². The van der Waals surface area contributed by atoms with Crippen LogP contribution in [0.2, 0.25) is 0 Å². The van der Waals surface area contributed by atoms with Gasteiger partial charge in [-0.2, -0.15) is 0 Å². The Labute approximate surface area is 179 Å². The molecule has 1 N–H and O–H groups in total. The Morgan fingerprint density at radius 1 is 1.07 bits per heavy atom. The number of esters is 1. The number of hydrogen-bond donors (Lipinski definition) is 1. The van der Waals surface area contributed by atoms with E-state index in [1.165, 1.54) is 16.7 Å². The molecule has 2 aromatic carbocycles. The Morgan fingerprint density at radius 3 is 2.37 bits per heavy atom. The SMILES string of the molecule is C=C1CS[C@@H]2[C@H](NC(=O)Cc3ccccc3)C(=O)N2[C@H]1C(=O)OCc1ccccc1. The van der Waals surface area contributed by atoms with Gasteiger partial charge in [0.05, 0.1) is 6.42 Å². The number of nitrogens with one attached hydrogen (secondary N) is 1. The number of ether oxygens (including phenoxy) is 1. The minimum Gasteiger partial charge on any atom is -0.459 e. The predicted molar refractivity (Wildman–Crippen MR) is 114 cm³/mol. The lowest BCUT2D eigenvalue weighted by Gasteiger charge is -2.52. The van der Waals surface area contributed by atoms with Crippen molar-refractivity contribution < 1.29 is 19.1 Å². The fraction of sp³-hybridized carbons (Fsp3) is 0.261. The third-order valence-electron chi connectivity index (χ3n) is 5.16. The predicted octanol–water partition coefficient (Wildman–Crippen LogP) is 2.30. The van der Waals surface area contributed by atoms with Crippen LogP contribution in [0.25, 0.3) is 0 Å². The number of carbonyl (C=O) groups is 3. The topological polar surface area (TPSA) is 75.7 Å². The van der Waals surface area contributed by atoms with E-state index in [1.807, 2.05) is 60.7 Å². The molecule has 3 atom stereocenters. The van der Waals surface area contributed by atoms with E-state index in [-0.39, 0.29) is 30.2 Å². The highest BCUT2D eigenvalue weighted by molar-refractivity contribution is 8.00. The maximum atomic E-state index is 12.8. The molecular formula is C23H22N2O4S. The molecule has 0 aromatic heterocycles. The van der Waals surface area contributed by atoms with Gasteiger partial charge in [0.1, 0.15) is 18.0 Å². The van der Waals surface area contributed by atoms with Crippen LogP contribution in [0.3, 0.4) is 0 Å². The molecule has 4 rings (SSSR count). The van der Waals surface area contributed by atoms with Crippen LogP contribution in [0.15, 0.2) is 72.8 Å². The van der Waals surface area contributed by atoms with Crippen molar-refractivity contribution in [2.24, 2.45) is 0 Å². The second kappa shape index (κ2) is 8.75. The zero-order valence-corrected chi connectivity index (χ0v) is 17.1. The first-order valence-corrected chi connectivity index (χ1v) is 10.7. The smallest absolute Gasteiger partial charge is 0.333 e. The number of carbonyl (C=O) groups excluding carboxylic acids is 3. The third kappa shape index (κ3) is 4.11. The molecule has 154 valence electrons. The summed E-state index contributed by atoms with van der Waals surface area (Å²) < 4.78 is 5.44. The summed E-state index contributed by atoms with van der Waals surface area (Å²) in [5.74, 6) is -0.453. The van der Waals surface area contributed by atoms with Crippen molar-refractivity contribution in [1.29, 1.82) is 0 Å². The minimum atomic E-state index is -0.810. The van der Waals surface area contributed by atoms with Crippen LogP contribution in [0.4, 0.5) is 0 Å². The van der Waals surface area contributed by atoms with Gasteiger partial charge in [0.25, 0.3) is 0 Å². The van der Waals surface area contributed by atoms with Gasteiger partial charge in [-0.3, -0.25) is 9.59 Å². The molecule has 0 bridgehead atoms. The zero-order chi connectivity index (χ0) is 21.1. The molecule has 2 aliphatic rings. The monoisotopic (exact) mass is 422 g/mol. The maximum Gasteiger partial charge on any atom is 0.333 e. The lowest BCUT2D eigenvalue weighted by molar-refractivity contribution is -0.164. The number of hydrogen-bond acceptors (Lipinski definition) is 5. The molecule has 2 fully saturated rings. The zero-order valence-electron chi connectivity index (χ0n) is 16.3. The summed E-state index contributed by atoms with van der Waals surface area (Å²) in [6.07, 6.45) is 0.206. The first-order chi connectivity index (χ1) is 14.5. The van der Waals surface area contributed by atoms with E-state index in [0.29, 0.717) is 11.3 Å². The van der Waals surface area contributed by atoms with E-state index >= 15 is 0 Å². The summed E-state index contributed by atoms with van der Waals surface area (Å²) in [6.45, 7) is 4.10. The van der Waals surface area contributed by atoms with Gasteiger partial charge in [0.15, 0.2) is 6.04 Å². The molecule has 2 aliphatic heterocycles. The highest BCUT2D eigenvalue weighted by Crippen LogP contribution is 2.40. The average molecular weight is 423 g/mol. The van der Waals surface area contributed by atoms with Crippen LogP contribution in [0.1, 0.15) is 11.1 Å². The summed E-state index contributed by atoms with van der Waals surface area (Å²) in [6, 6.07) is 17.3. The molecule has 0 radical (unpaired) electrons. The number of thioether (sulfide) groups is 1. The molecule has 7 heteroatoms. The van der Waals surface area contributed by atoms with Gasteiger partial charge in [0, 0.05) is 5.75 Å². The summed E-state index contributed by atoms with van der Waals surface area (Å²) in [5, 5.41) is 2.52. The largest absolute Gasteiger partial charge is 0.459 e. The summed E-state index contributed by atoms with van der Waals surface area (Å²) in [7, 11) is 0. The standard InChI is InChI=1S/C23H22N2O4S/c1-15-14-30-22-19(24-18(26)12-16-8-4-2-5-9-16)21(27)25(22)20(15)23(28)29-13-17-10-6-3-7-11-17/h2-11,19-20,22H,1,12-14H2,(H,24,26)/t19-,20-,22-/m1/s1. The molecule has 2 amide bonds. The second-order valence-corrected chi connectivity index (χ2v) is 8.41. The van der Waals surface area contributed by atoms with Gasteiger partial charge in [0.2, 0.25) is 11.8 Å². The number of rotatable bonds is 6. The van der Waals surface area contributed by atoms with Crippen molar-refractivity contribution in [1.82, 2.24) is 10.2 Å². The van der Waals surface area contributed by atoms with Gasteiger partial charge in [-0.15, -0.1) is 11.8 Å². The number of amides is 2. The quantitative estimate of drug-likeness (QED) is 0.439. The van der Waals surface area contributed by atoms with E-state index in [4.69, 9.17) is 4.74 Å². The van der Waals surface area contributed by atoms with Crippen LogP contribution in [-0.2, 0) is 32.1 Å². The molecule has 0 aliphatic carbocycles. The highest BCUT2D eigenvalue weighted by atomic mass is 32.2. The molecule has 30 heavy (non-hydrogen) atoms. The van der Waals surface area contributed by atoms with Crippen molar-refractivity contribution in [2.45, 2.75) is 30.5 Å². The summed E-state index contributed by atoms with van der Waals surface area (Å²) >= 11 is 1.50. The van der Waals surface area contributed by atoms with E-state index in [1.54, 1.807) is 0 Å². The number of fused-ring (bicyclic) bond motifs is 1. The summed E-state index contributed by atoms with van der Waals surface area (Å²) in [4.78, 5) is 39.3. The molecule has 0 saturated carbocycles. The van der Waals surface area contributed by atoms with Gasteiger partial charge < -0.3 is 15.0 Å². The average Bonchev–Trinajstić information content (AvgIpc) is 2.77. The van der Waals surface area contributed by atoms with Gasteiger partial charge in [-0.05, 0) is 16.7 Å². The van der Waals surface area contributed by atoms with Crippen molar-refractivity contribution in [3.63, 3.8) is 0 Å². The highest BCUT2D eigenvalue weighted by Gasteiger charge is 2.56. The second-order valence-electron chi connectivity index (χ2n) is 7.31. The van der Waals surface area contributed by atoms with Crippen LogP contribution in [0, 0.1) is 0 Å². The lowest BCUT2D eigenvalue weighted by atomic mass is 9.98. The first kappa shape index (κ1) is 20.2. The van der Waals surface area contributed by atoms with E-state index in [9.17, 15) is 14.4 Å². The first-order valence-electron chi connectivity index (χ1n) is 9.70. The molecular weight excluding hydrogens is 400 g/mol. The van der Waals surface area contributed by atoms with Crippen LogP contribution in [0.5, 0.6) is 0 Å². The fourth-order valence-corrected chi connectivity index (χ4v) is 4.94. The molecule has 2 saturated heterocycles. The molecule has 2 heterocycles.